The lowest BCUT2D eigenvalue weighted by Gasteiger charge is -2.05. The minimum absolute atomic E-state index is 0.870. The molecule has 0 aliphatic rings. The van der Waals surface area contributed by atoms with Crippen LogP contribution in [0.4, 0.5) is 0 Å². The number of hydrogen-bond donors (Lipinski definition) is 1. The molecule has 0 saturated carbocycles. The second-order valence-corrected chi connectivity index (χ2v) is 4.29. The molecule has 0 radical (unpaired) electrons. The number of nitrogens with zero attached hydrogens (tertiary/aromatic N) is 1. The average Bonchev–Trinajstić information content (AvgIpc) is 2.83. The summed E-state index contributed by atoms with van der Waals surface area (Å²) < 4.78 is 5.34. The molecule has 3 nitrogen and oxygen atoms in total. The van der Waals surface area contributed by atoms with Crippen LogP contribution in [0, 0.1) is 6.92 Å². The third kappa shape index (κ3) is 1.74. The molecule has 0 atom stereocenters. The summed E-state index contributed by atoms with van der Waals surface area (Å²) in [5, 5.41) is 0. The first kappa shape index (κ1) is 10.8. The first-order valence-corrected chi connectivity index (χ1v) is 5.87. The van der Waals surface area contributed by atoms with Crippen LogP contribution in [0.25, 0.3) is 22.4 Å². The van der Waals surface area contributed by atoms with Crippen LogP contribution < -0.4 is 4.74 Å². The van der Waals surface area contributed by atoms with E-state index in [4.69, 9.17) is 4.74 Å². The smallest absolute Gasteiger partial charge is 0.138 e. The van der Waals surface area contributed by atoms with Crippen LogP contribution in [-0.4, -0.2) is 17.1 Å². The van der Waals surface area contributed by atoms with Crippen molar-refractivity contribution in [3.05, 3.63) is 48.0 Å². The molecule has 1 N–H and O–H groups in total. The highest BCUT2D eigenvalue weighted by Crippen LogP contribution is 2.26. The Bertz CT molecular complexity index is 668. The lowest BCUT2D eigenvalue weighted by Crippen LogP contribution is -1.88. The maximum Gasteiger partial charge on any atom is 0.138 e. The highest BCUT2D eigenvalue weighted by molar-refractivity contribution is 5.79. The monoisotopic (exact) mass is 238 g/mol. The van der Waals surface area contributed by atoms with Crippen LogP contribution >= 0.6 is 0 Å². The molecule has 0 aliphatic carbocycles. The van der Waals surface area contributed by atoms with Crippen LogP contribution in [0.2, 0.25) is 0 Å². The Hall–Kier alpha value is -2.29. The van der Waals surface area contributed by atoms with Crippen LogP contribution in [0.5, 0.6) is 5.75 Å². The highest BCUT2D eigenvalue weighted by Gasteiger charge is 2.07. The number of aryl methyl sites for hydroxylation is 1. The Labute approximate surface area is 105 Å². The molecule has 0 bridgehead atoms. The maximum absolute atomic E-state index is 5.34. The lowest BCUT2D eigenvalue weighted by atomic mass is 10.1. The van der Waals surface area contributed by atoms with Gasteiger partial charge in [0.25, 0.3) is 0 Å². The van der Waals surface area contributed by atoms with E-state index in [2.05, 4.69) is 16.0 Å². The minimum Gasteiger partial charge on any atom is -0.496 e. The predicted molar refractivity (Wildman–Crippen MR) is 72.8 cm³/mol. The molecule has 2 aromatic carbocycles. The summed E-state index contributed by atoms with van der Waals surface area (Å²) in [4.78, 5) is 7.89. The fourth-order valence-electron chi connectivity index (χ4n) is 2.06. The van der Waals surface area contributed by atoms with Gasteiger partial charge in [0.15, 0.2) is 0 Å². The van der Waals surface area contributed by atoms with Gasteiger partial charge in [-0.1, -0.05) is 24.3 Å². The number of methoxy groups -OCH3 is 1. The third-order valence-corrected chi connectivity index (χ3v) is 3.07. The standard InChI is InChI=1S/C15H14N2O/c1-10-7-8-11(9-14(10)18-2)15-16-12-5-3-4-6-13(12)17-15/h3-9H,1-2H3,(H,16,17). The van der Waals surface area contributed by atoms with Crippen molar-refractivity contribution in [3.8, 4) is 17.1 Å². The number of aromatic nitrogens is 2. The van der Waals surface area contributed by atoms with E-state index in [1.54, 1.807) is 7.11 Å². The molecular formula is C15H14N2O. The number of para-hydroxylation sites is 2. The van der Waals surface area contributed by atoms with Gasteiger partial charge in [-0.15, -0.1) is 0 Å². The van der Waals surface area contributed by atoms with Gasteiger partial charge in [-0.05, 0) is 30.7 Å². The number of hydrogen-bond acceptors (Lipinski definition) is 2. The first-order chi connectivity index (χ1) is 8.78. The van der Waals surface area contributed by atoms with Crippen LogP contribution in [0.1, 0.15) is 5.56 Å². The number of nitrogens with one attached hydrogen (secondary N) is 1. The molecule has 3 rings (SSSR count). The number of aromatic amines is 1. The van der Waals surface area contributed by atoms with Crippen LogP contribution in [0.15, 0.2) is 42.5 Å². The molecule has 0 unspecified atom stereocenters. The number of H-pyrrole nitrogens is 1. The normalized spacial score (nSPS) is 10.8. The van der Waals surface area contributed by atoms with Gasteiger partial charge in [-0.25, -0.2) is 4.98 Å². The van der Waals surface area contributed by atoms with E-state index in [0.717, 1.165) is 33.7 Å². The molecule has 0 aliphatic heterocycles. The fourth-order valence-corrected chi connectivity index (χ4v) is 2.06. The minimum atomic E-state index is 0.870. The quantitative estimate of drug-likeness (QED) is 0.741. The maximum atomic E-state index is 5.34. The van der Waals surface area contributed by atoms with Gasteiger partial charge in [0.1, 0.15) is 11.6 Å². The van der Waals surface area contributed by atoms with Gasteiger partial charge < -0.3 is 9.72 Å². The molecule has 3 heteroatoms. The van der Waals surface area contributed by atoms with E-state index in [9.17, 15) is 0 Å². The Morgan fingerprint density at radius 1 is 1.11 bits per heavy atom. The van der Waals surface area contributed by atoms with E-state index in [1.165, 1.54) is 0 Å². The van der Waals surface area contributed by atoms with Crippen molar-refractivity contribution in [2.75, 3.05) is 7.11 Å². The third-order valence-electron chi connectivity index (χ3n) is 3.07. The molecule has 1 aromatic heterocycles. The van der Waals surface area contributed by atoms with Gasteiger partial charge in [0, 0.05) is 5.56 Å². The van der Waals surface area contributed by atoms with Crippen LogP contribution in [-0.2, 0) is 0 Å². The van der Waals surface area contributed by atoms with Crippen molar-refractivity contribution in [1.29, 1.82) is 0 Å². The molecule has 0 amide bonds. The topological polar surface area (TPSA) is 37.9 Å². The highest BCUT2D eigenvalue weighted by atomic mass is 16.5. The van der Waals surface area contributed by atoms with Gasteiger partial charge in [0.05, 0.1) is 18.1 Å². The Balaban J connectivity index is 2.13. The molecule has 0 saturated heterocycles. The van der Waals surface area contributed by atoms with Crippen LogP contribution in [0.3, 0.4) is 0 Å². The summed E-state index contributed by atoms with van der Waals surface area (Å²) >= 11 is 0. The van der Waals surface area contributed by atoms with E-state index < -0.39 is 0 Å². The van der Waals surface area contributed by atoms with Crippen molar-refractivity contribution >= 4 is 11.0 Å². The molecule has 0 fully saturated rings. The zero-order chi connectivity index (χ0) is 12.5. The van der Waals surface area contributed by atoms with Crippen molar-refractivity contribution < 1.29 is 4.74 Å². The van der Waals surface area contributed by atoms with Crippen molar-refractivity contribution in [3.63, 3.8) is 0 Å². The number of ether oxygens (including phenoxy) is 1. The van der Waals surface area contributed by atoms with Crippen molar-refractivity contribution in [1.82, 2.24) is 9.97 Å². The predicted octanol–water partition coefficient (Wildman–Crippen LogP) is 3.55. The Morgan fingerprint density at radius 2 is 1.94 bits per heavy atom. The fraction of sp³-hybridized carbons (Fsp3) is 0.133. The Kier molecular flexibility index (Phi) is 2.52. The second kappa shape index (κ2) is 4.18. The molecule has 3 aromatic rings. The van der Waals surface area contributed by atoms with E-state index in [1.807, 2.05) is 43.3 Å². The number of imidazole rings is 1. The zero-order valence-electron chi connectivity index (χ0n) is 10.4. The van der Waals surface area contributed by atoms with Crippen molar-refractivity contribution in [2.45, 2.75) is 6.92 Å². The zero-order valence-corrected chi connectivity index (χ0v) is 10.4. The van der Waals surface area contributed by atoms with Crippen molar-refractivity contribution in [2.24, 2.45) is 0 Å². The van der Waals surface area contributed by atoms with Gasteiger partial charge in [0.2, 0.25) is 0 Å². The summed E-state index contributed by atoms with van der Waals surface area (Å²) in [5.74, 6) is 1.75. The largest absolute Gasteiger partial charge is 0.496 e. The average molecular weight is 238 g/mol. The number of benzene rings is 2. The van der Waals surface area contributed by atoms with Gasteiger partial charge >= 0.3 is 0 Å². The molecule has 0 spiro atoms. The number of rotatable bonds is 2. The summed E-state index contributed by atoms with van der Waals surface area (Å²) in [5.41, 5.74) is 4.19. The van der Waals surface area contributed by atoms with Gasteiger partial charge in [-0.2, -0.15) is 0 Å². The van der Waals surface area contributed by atoms with E-state index in [0.29, 0.717) is 0 Å². The molecule has 18 heavy (non-hydrogen) atoms. The number of fused-ring (bicyclic) bond motifs is 1. The lowest BCUT2D eigenvalue weighted by molar-refractivity contribution is 0.412. The first-order valence-electron chi connectivity index (χ1n) is 5.87. The summed E-state index contributed by atoms with van der Waals surface area (Å²) in [6.45, 7) is 2.03. The Morgan fingerprint density at radius 3 is 2.72 bits per heavy atom. The SMILES string of the molecule is COc1cc(-c2nc3ccccc3[nH]2)ccc1C. The molecule has 90 valence electrons. The van der Waals surface area contributed by atoms with E-state index in [-0.39, 0.29) is 0 Å². The summed E-state index contributed by atoms with van der Waals surface area (Å²) in [6.07, 6.45) is 0. The molecule has 1 heterocycles. The second-order valence-electron chi connectivity index (χ2n) is 4.29. The molecular weight excluding hydrogens is 224 g/mol. The van der Waals surface area contributed by atoms with Gasteiger partial charge in [-0.3, -0.25) is 0 Å². The summed E-state index contributed by atoms with van der Waals surface area (Å²) in [6, 6.07) is 14.1. The summed E-state index contributed by atoms with van der Waals surface area (Å²) in [7, 11) is 1.69. The van der Waals surface area contributed by atoms with E-state index >= 15 is 0 Å².